The van der Waals surface area contributed by atoms with E-state index in [2.05, 4.69) is 42.0 Å². The average molecular weight is 581 g/mol. The van der Waals surface area contributed by atoms with Gasteiger partial charge in [-0.2, -0.15) is 0 Å². The monoisotopic (exact) mass is 579 g/mol. The third-order valence-electron chi connectivity index (χ3n) is 6.14. The van der Waals surface area contributed by atoms with Crippen LogP contribution in [0.25, 0.3) is 0 Å². The Morgan fingerprint density at radius 3 is 2.03 bits per heavy atom. The van der Waals surface area contributed by atoms with E-state index in [1.54, 1.807) is 19.1 Å². The van der Waals surface area contributed by atoms with Gasteiger partial charge in [0, 0.05) is 17.1 Å². The zero-order valence-electron chi connectivity index (χ0n) is 22.2. The summed E-state index contributed by atoms with van der Waals surface area (Å²) in [6.07, 6.45) is 1.83. The summed E-state index contributed by atoms with van der Waals surface area (Å²) >= 11 is 3.41. The number of anilines is 1. The number of nitrogens with one attached hydrogen (secondary N) is 1. The predicted octanol–water partition coefficient (Wildman–Crippen LogP) is 4.84. The van der Waals surface area contributed by atoms with Crippen LogP contribution in [0.5, 0.6) is 0 Å². The third-order valence-corrected chi connectivity index (χ3v) is 7.80. The molecule has 1 N–H and O–H groups in total. The molecular formula is C27H38BrN3O4S. The van der Waals surface area contributed by atoms with Gasteiger partial charge >= 0.3 is 0 Å². The van der Waals surface area contributed by atoms with E-state index in [0.717, 1.165) is 32.6 Å². The van der Waals surface area contributed by atoms with Crippen LogP contribution in [0.15, 0.2) is 53.0 Å². The maximum Gasteiger partial charge on any atom is 0.244 e. The number of carbonyl (C=O) groups is 2. The van der Waals surface area contributed by atoms with Gasteiger partial charge in [-0.15, -0.1) is 0 Å². The molecular weight excluding hydrogens is 542 g/mol. The normalized spacial score (nSPS) is 13.6. The predicted molar refractivity (Wildman–Crippen MR) is 149 cm³/mol. The van der Waals surface area contributed by atoms with Crippen molar-refractivity contribution in [2.24, 2.45) is 0 Å². The Bertz CT molecular complexity index is 1140. The molecule has 0 bridgehead atoms. The molecule has 0 radical (unpaired) electrons. The van der Waals surface area contributed by atoms with Gasteiger partial charge in [0.1, 0.15) is 12.6 Å². The average Bonchev–Trinajstić information content (AvgIpc) is 2.80. The van der Waals surface area contributed by atoms with Crippen LogP contribution in [-0.4, -0.2) is 50.0 Å². The van der Waals surface area contributed by atoms with Gasteiger partial charge in [0.05, 0.1) is 11.9 Å². The van der Waals surface area contributed by atoms with Gasteiger partial charge in [-0.25, -0.2) is 8.42 Å². The summed E-state index contributed by atoms with van der Waals surface area (Å²) in [7, 11) is -3.76. The van der Waals surface area contributed by atoms with Crippen molar-refractivity contribution in [2.75, 3.05) is 17.1 Å². The Balaban J connectivity index is 2.39. The van der Waals surface area contributed by atoms with E-state index in [9.17, 15) is 18.0 Å². The first-order valence-corrected chi connectivity index (χ1v) is 14.7. The number of halogens is 1. The molecule has 0 aromatic heterocycles. The molecule has 2 aromatic rings. The van der Waals surface area contributed by atoms with Crippen LogP contribution in [0.4, 0.5) is 5.69 Å². The molecule has 0 saturated heterocycles. The van der Waals surface area contributed by atoms with Crippen LogP contribution >= 0.6 is 15.9 Å². The number of nitrogens with zero attached hydrogens (tertiary/aromatic N) is 2. The summed E-state index contributed by atoms with van der Waals surface area (Å²) < 4.78 is 27.4. The van der Waals surface area contributed by atoms with Crippen LogP contribution < -0.4 is 9.62 Å². The van der Waals surface area contributed by atoms with E-state index in [-0.39, 0.29) is 23.9 Å². The molecule has 36 heavy (non-hydrogen) atoms. The van der Waals surface area contributed by atoms with Crippen molar-refractivity contribution in [2.45, 2.75) is 72.0 Å². The quantitative estimate of drug-likeness (QED) is 0.436. The van der Waals surface area contributed by atoms with Crippen LogP contribution in [0.3, 0.4) is 0 Å². The summed E-state index contributed by atoms with van der Waals surface area (Å²) in [6.45, 7) is 11.5. The van der Waals surface area contributed by atoms with Crippen LogP contribution in [-0.2, 0) is 31.6 Å². The Morgan fingerprint density at radius 1 is 1.00 bits per heavy atom. The Morgan fingerprint density at radius 2 is 1.56 bits per heavy atom. The lowest BCUT2D eigenvalue weighted by atomic mass is 9.87. The number of amides is 2. The fourth-order valence-corrected chi connectivity index (χ4v) is 4.69. The number of rotatable bonds is 10. The fraction of sp³-hybridized carbons (Fsp3) is 0.481. The first kappa shape index (κ1) is 29.8. The molecule has 0 heterocycles. The lowest BCUT2D eigenvalue weighted by Crippen LogP contribution is -2.52. The fourth-order valence-electron chi connectivity index (χ4n) is 3.58. The largest absolute Gasteiger partial charge is 0.352 e. The topological polar surface area (TPSA) is 86.8 Å². The van der Waals surface area contributed by atoms with Crippen molar-refractivity contribution in [1.29, 1.82) is 0 Å². The summed E-state index contributed by atoms with van der Waals surface area (Å²) in [5, 5.41) is 2.92. The molecule has 9 heteroatoms. The Labute approximate surface area is 224 Å². The van der Waals surface area contributed by atoms with Crippen molar-refractivity contribution >= 4 is 43.5 Å². The number of carbonyl (C=O) groups excluding carboxylic acids is 2. The molecule has 0 aliphatic rings. The second-order valence-electron chi connectivity index (χ2n) is 10.2. The highest BCUT2D eigenvalue weighted by molar-refractivity contribution is 9.10. The van der Waals surface area contributed by atoms with Gasteiger partial charge in [-0.05, 0) is 61.1 Å². The van der Waals surface area contributed by atoms with Gasteiger partial charge in [-0.1, -0.05) is 67.9 Å². The van der Waals surface area contributed by atoms with Crippen molar-refractivity contribution in [3.05, 3.63) is 64.1 Å². The minimum absolute atomic E-state index is 0.0431. The molecule has 7 nitrogen and oxygen atoms in total. The molecule has 0 aliphatic heterocycles. The molecule has 2 atom stereocenters. The van der Waals surface area contributed by atoms with Crippen molar-refractivity contribution in [3.8, 4) is 0 Å². The van der Waals surface area contributed by atoms with Crippen LogP contribution in [0, 0.1) is 0 Å². The standard InChI is InChI=1S/C27H38BrN3O4S/c1-8-19(2)29-26(33)20(3)30(17-21-9-13-23(28)14-10-21)25(32)18-31(36(7,34)35)24-15-11-22(12-16-24)27(4,5)6/h9-16,19-20H,8,17-18H2,1-7H3,(H,29,33). The second-order valence-corrected chi connectivity index (χ2v) is 13.0. The summed E-state index contributed by atoms with van der Waals surface area (Å²) in [4.78, 5) is 28.0. The SMILES string of the molecule is CCC(C)NC(=O)C(C)N(Cc1ccc(Br)cc1)C(=O)CN(c1ccc(C(C)(C)C)cc1)S(C)(=O)=O. The Kier molecular flexibility index (Phi) is 10.1. The number of hydrogen-bond donors (Lipinski definition) is 1. The molecule has 0 spiro atoms. The molecule has 0 saturated carbocycles. The van der Waals surface area contributed by atoms with Crippen LogP contribution in [0.1, 0.15) is 59.1 Å². The zero-order valence-corrected chi connectivity index (χ0v) is 24.6. The van der Waals surface area contributed by atoms with E-state index in [1.807, 2.05) is 50.2 Å². The summed E-state index contributed by atoms with van der Waals surface area (Å²) in [5.74, 6) is -0.745. The lowest BCUT2D eigenvalue weighted by molar-refractivity contribution is -0.139. The van der Waals surface area contributed by atoms with Gasteiger partial charge in [0.25, 0.3) is 0 Å². The highest BCUT2D eigenvalue weighted by atomic mass is 79.9. The maximum absolute atomic E-state index is 13.6. The minimum Gasteiger partial charge on any atom is -0.352 e. The van der Waals surface area contributed by atoms with E-state index in [4.69, 9.17) is 0 Å². The van der Waals surface area contributed by atoms with Gasteiger partial charge in [0.2, 0.25) is 21.8 Å². The van der Waals surface area contributed by atoms with Gasteiger partial charge in [0.15, 0.2) is 0 Å². The highest BCUT2D eigenvalue weighted by Gasteiger charge is 2.30. The number of hydrogen-bond acceptors (Lipinski definition) is 4. The number of sulfonamides is 1. The molecule has 198 valence electrons. The van der Waals surface area contributed by atoms with E-state index in [0.29, 0.717) is 5.69 Å². The van der Waals surface area contributed by atoms with Crippen molar-refractivity contribution < 1.29 is 18.0 Å². The van der Waals surface area contributed by atoms with Crippen molar-refractivity contribution in [1.82, 2.24) is 10.2 Å². The van der Waals surface area contributed by atoms with E-state index < -0.39 is 28.5 Å². The van der Waals surface area contributed by atoms with E-state index in [1.165, 1.54) is 4.90 Å². The zero-order chi connectivity index (χ0) is 27.3. The van der Waals surface area contributed by atoms with Gasteiger partial charge in [-0.3, -0.25) is 13.9 Å². The number of benzene rings is 2. The summed E-state index contributed by atoms with van der Waals surface area (Å²) in [5.41, 5.74) is 2.19. The molecule has 0 fully saturated rings. The molecule has 2 amide bonds. The van der Waals surface area contributed by atoms with Crippen LogP contribution in [0.2, 0.25) is 0 Å². The maximum atomic E-state index is 13.6. The molecule has 0 aliphatic carbocycles. The smallest absolute Gasteiger partial charge is 0.244 e. The lowest BCUT2D eigenvalue weighted by Gasteiger charge is -2.32. The molecule has 2 unspecified atom stereocenters. The highest BCUT2D eigenvalue weighted by Crippen LogP contribution is 2.26. The first-order chi connectivity index (χ1) is 16.6. The minimum atomic E-state index is -3.76. The van der Waals surface area contributed by atoms with Crippen molar-refractivity contribution in [3.63, 3.8) is 0 Å². The Hall–Kier alpha value is -2.39. The third kappa shape index (κ3) is 8.34. The molecule has 2 aromatic carbocycles. The first-order valence-electron chi connectivity index (χ1n) is 12.1. The second kappa shape index (κ2) is 12.2. The molecule has 2 rings (SSSR count). The van der Waals surface area contributed by atoms with E-state index >= 15 is 0 Å². The van der Waals surface area contributed by atoms with Gasteiger partial charge < -0.3 is 10.2 Å². The summed E-state index contributed by atoms with van der Waals surface area (Å²) in [6, 6.07) is 13.8.